The molecule has 1 aromatic heterocycles. The summed E-state index contributed by atoms with van der Waals surface area (Å²) < 4.78 is 0. The van der Waals surface area contributed by atoms with Crippen LogP contribution in [0.2, 0.25) is 5.02 Å². The van der Waals surface area contributed by atoms with Gasteiger partial charge < -0.3 is 9.80 Å². The van der Waals surface area contributed by atoms with E-state index in [0.717, 1.165) is 23.2 Å². The molecule has 3 rings (SSSR count). The fourth-order valence-electron chi connectivity index (χ4n) is 3.30. The van der Waals surface area contributed by atoms with Crippen LogP contribution in [-0.4, -0.2) is 41.8 Å². The van der Waals surface area contributed by atoms with Crippen LogP contribution in [0, 0.1) is 12.8 Å². The van der Waals surface area contributed by atoms with Crippen molar-refractivity contribution in [1.82, 2.24) is 9.88 Å². The van der Waals surface area contributed by atoms with Crippen molar-refractivity contribution in [3.63, 3.8) is 0 Å². The molecule has 0 saturated carbocycles. The number of likely N-dealkylation sites (N-methyl/N-ethyl adjacent to an activating group) is 1. The molecule has 0 N–H and O–H groups in total. The maximum Gasteiger partial charge on any atom is 0.227 e. The highest BCUT2D eigenvalue weighted by atomic mass is 35.5. The SMILES string of the molecule is Cc1cc(Cl)ccc1N1CC(C(=O)N(C)CCc2ccncc2)CC1=O. The number of amides is 2. The predicted octanol–water partition coefficient (Wildman–Crippen LogP) is 3.10. The van der Waals surface area contributed by atoms with Crippen LogP contribution in [0.1, 0.15) is 17.5 Å². The zero-order chi connectivity index (χ0) is 18.7. The molecule has 2 amide bonds. The van der Waals surface area contributed by atoms with Crippen molar-refractivity contribution < 1.29 is 9.59 Å². The Bertz CT molecular complexity index is 810. The average Bonchev–Trinajstić information content (AvgIpc) is 3.01. The van der Waals surface area contributed by atoms with Gasteiger partial charge in [-0.15, -0.1) is 0 Å². The van der Waals surface area contributed by atoms with Gasteiger partial charge in [-0.25, -0.2) is 0 Å². The number of halogens is 1. The summed E-state index contributed by atoms with van der Waals surface area (Å²) in [6, 6.07) is 9.34. The molecule has 1 unspecified atom stereocenters. The van der Waals surface area contributed by atoms with Gasteiger partial charge in [0.15, 0.2) is 0 Å². The van der Waals surface area contributed by atoms with E-state index in [1.165, 1.54) is 0 Å². The Morgan fingerprint density at radius 1 is 1.31 bits per heavy atom. The Morgan fingerprint density at radius 2 is 2.04 bits per heavy atom. The van der Waals surface area contributed by atoms with Gasteiger partial charge in [0.2, 0.25) is 11.8 Å². The third-order valence-corrected chi connectivity index (χ3v) is 5.02. The van der Waals surface area contributed by atoms with E-state index >= 15 is 0 Å². The van der Waals surface area contributed by atoms with Crippen molar-refractivity contribution in [1.29, 1.82) is 0 Å². The number of aromatic nitrogens is 1. The minimum Gasteiger partial charge on any atom is -0.345 e. The second kappa shape index (κ2) is 7.87. The van der Waals surface area contributed by atoms with Crippen molar-refractivity contribution in [2.24, 2.45) is 5.92 Å². The molecule has 1 aliphatic heterocycles. The van der Waals surface area contributed by atoms with Gasteiger partial charge in [-0.05, 0) is 54.8 Å². The van der Waals surface area contributed by atoms with Crippen molar-refractivity contribution >= 4 is 29.1 Å². The third-order valence-electron chi connectivity index (χ3n) is 4.79. The van der Waals surface area contributed by atoms with Crippen LogP contribution in [0.4, 0.5) is 5.69 Å². The number of hydrogen-bond donors (Lipinski definition) is 0. The molecule has 0 aliphatic carbocycles. The second-order valence-corrected chi connectivity index (χ2v) is 7.14. The van der Waals surface area contributed by atoms with Crippen LogP contribution in [0.5, 0.6) is 0 Å². The van der Waals surface area contributed by atoms with Crippen molar-refractivity contribution in [2.45, 2.75) is 19.8 Å². The van der Waals surface area contributed by atoms with Crippen LogP contribution in [0.3, 0.4) is 0 Å². The number of benzene rings is 1. The Kier molecular flexibility index (Phi) is 5.57. The molecule has 0 radical (unpaired) electrons. The summed E-state index contributed by atoms with van der Waals surface area (Å²) in [5.41, 5.74) is 2.90. The molecule has 5 nitrogen and oxygen atoms in total. The second-order valence-electron chi connectivity index (χ2n) is 6.70. The zero-order valence-corrected chi connectivity index (χ0v) is 15.7. The first-order valence-electron chi connectivity index (χ1n) is 8.66. The number of pyridine rings is 1. The Balaban J connectivity index is 1.63. The lowest BCUT2D eigenvalue weighted by atomic mass is 10.1. The van der Waals surface area contributed by atoms with Gasteiger partial charge in [0.1, 0.15) is 0 Å². The topological polar surface area (TPSA) is 53.5 Å². The number of aryl methyl sites for hydroxylation is 1. The van der Waals surface area contributed by atoms with Crippen LogP contribution in [0.15, 0.2) is 42.7 Å². The summed E-state index contributed by atoms with van der Waals surface area (Å²) in [5.74, 6) is -0.308. The van der Waals surface area contributed by atoms with Crippen LogP contribution < -0.4 is 4.90 Å². The Morgan fingerprint density at radius 3 is 2.73 bits per heavy atom. The Labute approximate surface area is 158 Å². The summed E-state index contributed by atoms with van der Waals surface area (Å²) in [4.78, 5) is 32.6. The molecular formula is C20H22ClN3O2. The molecule has 6 heteroatoms. The lowest BCUT2D eigenvalue weighted by Crippen LogP contribution is -2.36. The van der Waals surface area contributed by atoms with Gasteiger partial charge in [-0.1, -0.05) is 11.6 Å². The molecule has 0 bridgehead atoms. The number of hydrogen-bond acceptors (Lipinski definition) is 3. The molecule has 0 spiro atoms. The first kappa shape index (κ1) is 18.4. The molecule has 1 aromatic carbocycles. The van der Waals surface area contributed by atoms with Gasteiger partial charge in [0.05, 0.1) is 5.92 Å². The molecule has 1 saturated heterocycles. The van der Waals surface area contributed by atoms with Crippen LogP contribution >= 0.6 is 11.6 Å². The fraction of sp³-hybridized carbons (Fsp3) is 0.350. The first-order chi connectivity index (χ1) is 12.5. The molecule has 26 heavy (non-hydrogen) atoms. The van der Waals surface area contributed by atoms with Crippen molar-refractivity contribution in [3.8, 4) is 0 Å². The van der Waals surface area contributed by atoms with E-state index in [1.54, 1.807) is 35.3 Å². The normalized spacial score (nSPS) is 16.8. The van der Waals surface area contributed by atoms with E-state index in [9.17, 15) is 9.59 Å². The first-order valence-corrected chi connectivity index (χ1v) is 9.04. The average molecular weight is 372 g/mol. The van der Waals surface area contributed by atoms with Crippen molar-refractivity contribution in [3.05, 3.63) is 58.9 Å². The fourth-order valence-corrected chi connectivity index (χ4v) is 3.52. The molecule has 2 heterocycles. The maximum absolute atomic E-state index is 12.7. The van der Waals surface area contributed by atoms with Crippen LogP contribution in [-0.2, 0) is 16.0 Å². The maximum atomic E-state index is 12.7. The largest absolute Gasteiger partial charge is 0.345 e. The molecule has 1 atom stereocenters. The zero-order valence-electron chi connectivity index (χ0n) is 15.0. The summed E-state index contributed by atoms with van der Waals surface area (Å²) in [6.45, 7) is 2.96. The molecular weight excluding hydrogens is 350 g/mol. The number of rotatable bonds is 5. The number of anilines is 1. The molecule has 136 valence electrons. The minimum absolute atomic E-state index is 0.0153. The van der Waals surface area contributed by atoms with Gasteiger partial charge in [-0.2, -0.15) is 0 Å². The molecule has 1 fully saturated rings. The number of carbonyl (C=O) groups is 2. The monoisotopic (exact) mass is 371 g/mol. The van der Waals surface area contributed by atoms with E-state index < -0.39 is 0 Å². The van der Waals surface area contributed by atoms with E-state index in [-0.39, 0.29) is 24.2 Å². The van der Waals surface area contributed by atoms with Gasteiger partial charge in [0.25, 0.3) is 0 Å². The van der Waals surface area contributed by atoms with Crippen LogP contribution in [0.25, 0.3) is 0 Å². The number of carbonyl (C=O) groups excluding carboxylic acids is 2. The van der Waals surface area contributed by atoms with Gasteiger partial charge >= 0.3 is 0 Å². The van der Waals surface area contributed by atoms with E-state index in [0.29, 0.717) is 18.1 Å². The van der Waals surface area contributed by atoms with Gasteiger partial charge in [-0.3, -0.25) is 14.6 Å². The van der Waals surface area contributed by atoms with E-state index in [2.05, 4.69) is 4.98 Å². The highest BCUT2D eigenvalue weighted by molar-refractivity contribution is 6.30. The minimum atomic E-state index is -0.306. The lowest BCUT2D eigenvalue weighted by molar-refractivity contribution is -0.134. The molecule has 1 aliphatic rings. The van der Waals surface area contributed by atoms with E-state index in [1.807, 2.05) is 31.2 Å². The Hall–Kier alpha value is -2.40. The summed E-state index contributed by atoms with van der Waals surface area (Å²) in [5, 5.41) is 0.640. The number of nitrogens with zero attached hydrogens (tertiary/aromatic N) is 3. The highest BCUT2D eigenvalue weighted by Crippen LogP contribution is 2.30. The summed E-state index contributed by atoms with van der Waals surface area (Å²) in [7, 11) is 1.80. The van der Waals surface area contributed by atoms with E-state index in [4.69, 9.17) is 11.6 Å². The highest BCUT2D eigenvalue weighted by Gasteiger charge is 2.36. The van der Waals surface area contributed by atoms with Crippen molar-refractivity contribution in [2.75, 3.05) is 25.0 Å². The molecule has 2 aromatic rings. The summed E-state index contributed by atoms with van der Waals surface area (Å²) >= 11 is 6.00. The predicted molar refractivity (Wildman–Crippen MR) is 102 cm³/mol. The van der Waals surface area contributed by atoms with Gasteiger partial charge in [0, 0.05) is 49.7 Å². The standard InChI is InChI=1S/C20H22ClN3O2/c1-14-11-17(21)3-4-18(14)24-13-16(12-19(24)25)20(26)23(2)10-7-15-5-8-22-9-6-15/h3-6,8-9,11,16H,7,10,12-13H2,1-2H3. The lowest BCUT2D eigenvalue weighted by Gasteiger charge is -2.22. The quantitative estimate of drug-likeness (QED) is 0.811. The summed E-state index contributed by atoms with van der Waals surface area (Å²) in [6.07, 6.45) is 4.52. The smallest absolute Gasteiger partial charge is 0.227 e. The third kappa shape index (κ3) is 4.05.